The van der Waals surface area contributed by atoms with Crippen LogP contribution in [0.25, 0.3) is 0 Å². The Morgan fingerprint density at radius 2 is 1.95 bits per heavy atom. The molecule has 0 aliphatic rings. The van der Waals surface area contributed by atoms with E-state index in [0.717, 1.165) is 19.5 Å². The van der Waals surface area contributed by atoms with E-state index in [9.17, 15) is 5.11 Å². The van der Waals surface area contributed by atoms with Crippen LogP contribution in [0.4, 0.5) is 0 Å². The van der Waals surface area contributed by atoms with Gasteiger partial charge in [-0.25, -0.2) is 0 Å². The summed E-state index contributed by atoms with van der Waals surface area (Å²) in [6.07, 6.45) is 1.88. The second-order valence-corrected chi connectivity index (χ2v) is 5.21. The summed E-state index contributed by atoms with van der Waals surface area (Å²) in [4.78, 5) is 2.35. The van der Waals surface area contributed by atoms with Crippen LogP contribution in [0.3, 0.4) is 0 Å². The summed E-state index contributed by atoms with van der Waals surface area (Å²) in [7, 11) is 3.79. The number of nitrogens with one attached hydrogen (secondary N) is 1. The molecule has 1 atom stereocenters. The third kappa shape index (κ3) is 12.6. The molecule has 0 saturated carbocycles. The Morgan fingerprint density at radius 3 is 2.58 bits per heavy atom. The molecule has 0 spiro atoms. The topological polar surface area (TPSA) is 54.0 Å². The highest BCUT2D eigenvalue weighted by Gasteiger charge is 2.04. The fraction of sp³-hybridized carbons (Fsp3) is 1.00. The van der Waals surface area contributed by atoms with E-state index in [2.05, 4.69) is 31.1 Å². The molecule has 5 nitrogen and oxygen atoms in total. The molecule has 5 heteroatoms. The smallest absolute Gasteiger partial charge is 0.0897 e. The summed E-state index contributed by atoms with van der Waals surface area (Å²) < 4.78 is 10.1. The van der Waals surface area contributed by atoms with Gasteiger partial charge in [-0.3, -0.25) is 0 Å². The van der Waals surface area contributed by atoms with Crippen molar-refractivity contribution in [2.45, 2.75) is 38.8 Å². The lowest BCUT2D eigenvalue weighted by Gasteiger charge is -2.20. The number of methoxy groups -OCH3 is 1. The molecule has 0 aliphatic carbocycles. The molecule has 19 heavy (non-hydrogen) atoms. The van der Waals surface area contributed by atoms with Crippen molar-refractivity contribution < 1.29 is 14.6 Å². The molecule has 0 amide bonds. The molecule has 0 aliphatic heterocycles. The van der Waals surface area contributed by atoms with E-state index in [1.165, 1.54) is 6.42 Å². The second-order valence-electron chi connectivity index (χ2n) is 5.21. The predicted octanol–water partition coefficient (Wildman–Crippen LogP) is 0.720. The standard InChI is InChI=1S/C14H32N2O3/c1-13(2)16(3)8-6-5-7-15-11-14(17)12-19-10-9-18-4/h13-15,17H,5-12H2,1-4H3. The van der Waals surface area contributed by atoms with Gasteiger partial charge in [-0.05, 0) is 46.8 Å². The van der Waals surface area contributed by atoms with Crippen molar-refractivity contribution >= 4 is 0 Å². The summed E-state index contributed by atoms with van der Waals surface area (Å²) in [5, 5.41) is 12.9. The molecule has 0 heterocycles. The van der Waals surface area contributed by atoms with Crippen molar-refractivity contribution in [2.75, 3.05) is 53.6 Å². The van der Waals surface area contributed by atoms with Crippen molar-refractivity contribution in [1.29, 1.82) is 0 Å². The number of aliphatic hydroxyl groups is 1. The van der Waals surface area contributed by atoms with Gasteiger partial charge in [-0.2, -0.15) is 0 Å². The molecule has 1 unspecified atom stereocenters. The Kier molecular flexibility index (Phi) is 12.7. The van der Waals surface area contributed by atoms with Gasteiger partial charge in [0.1, 0.15) is 0 Å². The minimum Gasteiger partial charge on any atom is -0.389 e. The van der Waals surface area contributed by atoms with Crippen LogP contribution in [-0.2, 0) is 9.47 Å². The molecule has 116 valence electrons. The van der Waals surface area contributed by atoms with E-state index >= 15 is 0 Å². The lowest BCUT2D eigenvalue weighted by molar-refractivity contribution is 0.0138. The van der Waals surface area contributed by atoms with Crippen LogP contribution < -0.4 is 5.32 Å². The maximum absolute atomic E-state index is 9.63. The lowest BCUT2D eigenvalue weighted by atomic mass is 10.2. The number of nitrogens with zero attached hydrogens (tertiary/aromatic N) is 1. The fourth-order valence-electron chi connectivity index (χ4n) is 1.56. The summed E-state index contributed by atoms with van der Waals surface area (Å²) in [5.41, 5.74) is 0. The SMILES string of the molecule is COCCOCC(O)CNCCCCN(C)C(C)C. The van der Waals surface area contributed by atoms with Gasteiger partial charge in [-0.15, -0.1) is 0 Å². The summed E-state index contributed by atoms with van der Waals surface area (Å²) in [6.45, 7) is 8.55. The number of rotatable bonds is 13. The Morgan fingerprint density at radius 1 is 1.21 bits per heavy atom. The number of aliphatic hydroxyl groups excluding tert-OH is 1. The monoisotopic (exact) mass is 276 g/mol. The maximum atomic E-state index is 9.63. The van der Waals surface area contributed by atoms with Crippen LogP contribution in [0.15, 0.2) is 0 Å². The van der Waals surface area contributed by atoms with Gasteiger partial charge in [0.05, 0.1) is 25.9 Å². The van der Waals surface area contributed by atoms with Crippen LogP contribution in [0, 0.1) is 0 Å². The summed E-state index contributed by atoms with van der Waals surface area (Å²) in [6, 6.07) is 0.610. The molecule has 0 bridgehead atoms. The maximum Gasteiger partial charge on any atom is 0.0897 e. The van der Waals surface area contributed by atoms with E-state index in [-0.39, 0.29) is 0 Å². The van der Waals surface area contributed by atoms with Crippen molar-refractivity contribution in [3.63, 3.8) is 0 Å². The summed E-state index contributed by atoms with van der Waals surface area (Å²) >= 11 is 0. The predicted molar refractivity (Wildman–Crippen MR) is 78.6 cm³/mol. The lowest BCUT2D eigenvalue weighted by Crippen LogP contribution is -2.32. The van der Waals surface area contributed by atoms with Crippen molar-refractivity contribution in [2.24, 2.45) is 0 Å². The van der Waals surface area contributed by atoms with Crippen LogP contribution in [0.5, 0.6) is 0 Å². The molecule has 0 aromatic carbocycles. The Hall–Kier alpha value is -0.200. The molecule has 0 saturated heterocycles. The van der Waals surface area contributed by atoms with Crippen LogP contribution in [0.1, 0.15) is 26.7 Å². The zero-order chi connectivity index (χ0) is 14.5. The fourth-order valence-corrected chi connectivity index (χ4v) is 1.56. The van der Waals surface area contributed by atoms with E-state index in [4.69, 9.17) is 9.47 Å². The van der Waals surface area contributed by atoms with Gasteiger partial charge in [0, 0.05) is 19.7 Å². The molecule has 0 aromatic heterocycles. The quantitative estimate of drug-likeness (QED) is 0.486. The Labute approximate surface area is 118 Å². The van der Waals surface area contributed by atoms with Gasteiger partial charge >= 0.3 is 0 Å². The van der Waals surface area contributed by atoms with Crippen molar-refractivity contribution in [3.8, 4) is 0 Å². The molecule has 0 rings (SSSR count). The van der Waals surface area contributed by atoms with Crippen LogP contribution in [0.2, 0.25) is 0 Å². The van der Waals surface area contributed by atoms with Crippen molar-refractivity contribution in [1.82, 2.24) is 10.2 Å². The van der Waals surface area contributed by atoms with E-state index in [0.29, 0.717) is 32.4 Å². The van der Waals surface area contributed by atoms with Gasteiger partial charge in [0.15, 0.2) is 0 Å². The van der Waals surface area contributed by atoms with E-state index in [1.54, 1.807) is 7.11 Å². The summed E-state index contributed by atoms with van der Waals surface area (Å²) in [5.74, 6) is 0. The molecule has 2 N–H and O–H groups in total. The number of hydrogen-bond donors (Lipinski definition) is 2. The van der Waals surface area contributed by atoms with E-state index < -0.39 is 6.10 Å². The first-order valence-corrected chi connectivity index (χ1v) is 7.23. The normalized spacial score (nSPS) is 13.4. The minimum atomic E-state index is -0.435. The van der Waals surface area contributed by atoms with Gasteiger partial charge < -0.3 is 24.8 Å². The molecule has 0 fully saturated rings. The van der Waals surface area contributed by atoms with Gasteiger partial charge in [0.25, 0.3) is 0 Å². The Bertz CT molecular complexity index is 192. The number of unbranched alkanes of at least 4 members (excludes halogenated alkanes) is 1. The van der Waals surface area contributed by atoms with Gasteiger partial charge in [0.2, 0.25) is 0 Å². The molecular formula is C14H32N2O3. The first kappa shape index (κ1) is 18.8. The first-order valence-electron chi connectivity index (χ1n) is 7.23. The first-order chi connectivity index (χ1) is 9.07. The highest BCUT2D eigenvalue weighted by molar-refractivity contribution is 4.60. The number of ether oxygens (including phenoxy) is 2. The van der Waals surface area contributed by atoms with Gasteiger partial charge in [-0.1, -0.05) is 0 Å². The van der Waals surface area contributed by atoms with Crippen LogP contribution in [-0.4, -0.2) is 75.8 Å². The zero-order valence-electron chi connectivity index (χ0n) is 13.0. The Balaban J connectivity index is 3.25. The molecule has 0 radical (unpaired) electrons. The number of hydrogen-bond acceptors (Lipinski definition) is 5. The highest BCUT2D eigenvalue weighted by Crippen LogP contribution is 1.97. The zero-order valence-corrected chi connectivity index (χ0v) is 13.0. The molecular weight excluding hydrogens is 244 g/mol. The van der Waals surface area contributed by atoms with E-state index in [1.807, 2.05) is 0 Å². The van der Waals surface area contributed by atoms with Crippen LogP contribution >= 0.6 is 0 Å². The molecule has 0 aromatic rings. The average molecular weight is 276 g/mol. The van der Waals surface area contributed by atoms with Crippen molar-refractivity contribution in [3.05, 3.63) is 0 Å². The highest BCUT2D eigenvalue weighted by atomic mass is 16.5. The largest absolute Gasteiger partial charge is 0.389 e. The second kappa shape index (κ2) is 12.8. The third-order valence-electron chi connectivity index (χ3n) is 3.12. The third-order valence-corrected chi connectivity index (χ3v) is 3.12. The minimum absolute atomic E-state index is 0.368. The average Bonchev–Trinajstić information content (AvgIpc) is 2.38.